The second-order valence-electron chi connectivity index (χ2n) is 15.5. The molecule has 0 amide bonds. The fraction of sp³-hybridized carbons (Fsp3) is 0.349. The molecular formula is C43H42F2N8O4. The standard InChI is InChI=1S/C43H42F2N8O4/c1-24-30(6-4-8-32(24)41-50-35-17-26(16-28(19-46)37(35)57-41)21-52-14-11-43(3,12-15-52)42(55)56)31-7-5-9-33(25(31)2)48-39-36-34(49-40(51-39)38(44)45)18-27(20-47-36)22-53-13-10-29(54)23-53/h4-9,16-18,20,29,38,54H,10-15,21-23H2,1-3H3,(H,55,56)(H,48,49,51)/t29-/m1/s1. The Morgan fingerprint density at radius 2 is 1.67 bits per heavy atom. The number of fused-ring (bicyclic) bond motifs is 2. The zero-order chi connectivity index (χ0) is 40.0. The number of nitrogens with one attached hydrogen (secondary N) is 1. The predicted molar refractivity (Wildman–Crippen MR) is 211 cm³/mol. The lowest BCUT2D eigenvalue weighted by atomic mass is 9.80. The molecule has 0 unspecified atom stereocenters. The van der Waals surface area contributed by atoms with E-state index in [-0.39, 0.29) is 11.9 Å². The first kappa shape index (κ1) is 38.0. The van der Waals surface area contributed by atoms with Crippen molar-refractivity contribution in [1.82, 2.24) is 29.7 Å². The average molecular weight is 773 g/mol. The highest BCUT2D eigenvalue weighted by Crippen LogP contribution is 2.38. The number of aliphatic hydroxyl groups is 1. The number of oxazole rings is 1. The van der Waals surface area contributed by atoms with E-state index in [2.05, 4.69) is 36.1 Å². The minimum Gasteiger partial charge on any atom is -0.481 e. The molecule has 12 nitrogen and oxygen atoms in total. The number of nitriles is 1. The maximum Gasteiger partial charge on any atom is 0.309 e. The lowest BCUT2D eigenvalue weighted by molar-refractivity contribution is -0.150. The van der Waals surface area contributed by atoms with Crippen molar-refractivity contribution >= 4 is 39.6 Å². The third kappa shape index (κ3) is 7.53. The number of halogens is 2. The number of anilines is 2. The molecule has 1 atom stereocenters. The van der Waals surface area contributed by atoms with Crippen LogP contribution in [-0.4, -0.2) is 78.2 Å². The van der Waals surface area contributed by atoms with Gasteiger partial charge in [0.05, 0.1) is 22.6 Å². The summed E-state index contributed by atoms with van der Waals surface area (Å²) in [6.45, 7) is 9.39. The highest BCUT2D eigenvalue weighted by molar-refractivity contribution is 5.90. The Morgan fingerprint density at radius 3 is 2.37 bits per heavy atom. The molecule has 292 valence electrons. The van der Waals surface area contributed by atoms with Crippen LogP contribution in [0.5, 0.6) is 0 Å². The van der Waals surface area contributed by atoms with Gasteiger partial charge in [-0.25, -0.2) is 23.7 Å². The second kappa shape index (κ2) is 15.2. The van der Waals surface area contributed by atoms with Crippen LogP contribution in [0.25, 0.3) is 44.7 Å². The zero-order valence-corrected chi connectivity index (χ0v) is 31.9. The Morgan fingerprint density at radius 1 is 0.965 bits per heavy atom. The maximum absolute atomic E-state index is 14.1. The summed E-state index contributed by atoms with van der Waals surface area (Å²) in [5.41, 5.74) is 7.94. The quantitative estimate of drug-likeness (QED) is 0.123. The number of piperidine rings is 1. The molecule has 6 aromatic rings. The number of hydrogen-bond donors (Lipinski definition) is 3. The lowest BCUT2D eigenvalue weighted by Crippen LogP contribution is -2.42. The summed E-state index contributed by atoms with van der Waals surface area (Å²) in [5, 5.41) is 32.9. The van der Waals surface area contributed by atoms with E-state index in [0.717, 1.165) is 45.5 Å². The molecule has 57 heavy (non-hydrogen) atoms. The van der Waals surface area contributed by atoms with Gasteiger partial charge in [-0.2, -0.15) is 5.26 Å². The molecule has 0 bridgehead atoms. The van der Waals surface area contributed by atoms with Crippen molar-refractivity contribution in [3.8, 4) is 28.7 Å². The number of β-amino-alcohol motifs (C(OH)–C–C–N with tert-alkyl or cyclic N) is 1. The van der Waals surface area contributed by atoms with Gasteiger partial charge in [0.1, 0.15) is 17.1 Å². The number of benzene rings is 3. The van der Waals surface area contributed by atoms with Crippen LogP contribution in [0.1, 0.15) is 66.3 Å². The van der Waals surface area contributed by atoms with E-state index in [1.165, 1.54) is 0 Å². The van der Waals surface area contributed by atoms with Crippen molar-refractivity contribution in [2.24, 2.45) is 5.41 Å². The predicted octanol–water partition coefficient (Wildman–Crippen LogP) is 7.92. The molecule has 2 aliphatic rings. The lowest BCUT2D eigenvalue weighted by Gasteiger charge is -2.36. The smallest absolute Gasteiger partial charge is 0.309 e. The highest BCUT2D eigenvalue weighted by Gasteiger charge is 2.37. The first-order chi connectivity index (χ1) is 27.4. The first-order valence-electron chi connectivity index (χ1n) is 19.0. The summed E-state index contributed by atoms with van der Waals surface area (Å²) >= 11 is 0. The van der Waals surface area contributed by atoms with E-state index in [1.807, 2.05) is 62.4 Å². The third-order valence-corrected chi connectivity index (χ3v) is 11.5. The molecule has 3 aromatic heterocycles. The van der Waals surface area contributed by atoms with E-state index >= 15 is 0 Å². The molecule has 0 saturated carbocycles. The second-order valence-corrected chi connectivity index (χ2v) is 15.5. The Bertz CT molecular complexity index is 2560. The summed E-state index contributed by atoms with van der Waals surface area (Å²) in [5.74, 6) is -0.826. The van der Waals surface area contributed by atoms with Gasteiger partial charge in [0.15, 0.2) is 17.2 Å². The van der Waals surface area contributed by atoms with Gasteiger partial charge in [-0.3, -0.25) is 19.6 Å². The van der Waals surface area contributed by atoms with E-state index in [4.69, 9.17) is 9.40 Å². The topological polar surface area (TPSA) is 165 Å². The number of aliphatic hydroxyl groups excluding tert-OH is 1. The van der Waals surface area contributed by atoms with Crippen molar-refractivity contribution in [1.29, 1.82) is 5.26 Å². The van der Waals surface area contributed by atoms with Crippen molar-refractivity contribution in [3.05, 3.63) is 94.4 Å². The van der Waals surface area contributed by atoms with E-state index in [0.29, 0.717) is 91.3 Å². The van der Waals surface area contributed by atoms with Crippen LogP contribution in [0.3, 0.4) is 0 Å². The van der Waals surface area contributed by atoms with Crippen LogP contribution >= 0.6 is 0 Å². The van der Waals surface area contributed by atoms with Crippen LogP contribution in [-0.2, 0) is 17.9 Å². The number of aliphatic carboxylic acids is 1. The summed E-state index contributed by atoms with van der Waals surface area (Å²) in [7, 11) is 0. The van der Waals surface area contributed by atoms with Gasteiger partial charge in [-0.1, -0.05) is 24.3 Å². The van der Waals surface area contributed by atoms with Gasteiger partial charge in [0.2, 0.25) is 5.89 Å². The fourth-order valence-electron chi connectivity index (χ4n) is 7.97. The van der Waals surface area contributed by atoms with Gasteiger partial charge in [-0.05, 0) is 117 Å². The minimum absolute atomic E-state index is 0.169. The highest BCUT2D eigenvalue weighted by atomic mass is 19.3. The monoisotopic (exact) mass is 772 g/mol. The Kier molecular flexibility index (Phi) is 10.2. The Balaban J connectivity index is 1.08. The number of aromatic nitrogens is 4. The van der Waals surface area contributed by atoms with Gasteiger partial charge < -0.3 is 19.9 Å². The number of carboxylic acids is 1. The number of alkyl halides is 2. The van der Waals surface area contributed by atoms with Crippen LogP contribution in [0.2, 0.25) is 0 Å². The molecule has 0 radical (unpaired) electrons. The molecule has 3 N–H and O–H groups in total. The van der Waals surface area contributed by atoms with E-state index < -0.39 is 23.6 Å². The summed E-state index contributed by atoms with van der Waals surface area (Å²) in [6.07, 6.45) is 0.231. The van der Waals surface area contributed by atoms with Gasteiger partial charge >= 0.3 is 5.97 Å². The molecule has 2 saturated heterocycles. The van der Waals surface area contributed by atoms with Crippen LogP contribution in [0.15, 0.2) is 65.2 Å². The van der Waals surface area contributed by atoms with Gasteiger partial charge in [0, 0.05) is 43.6 Å². The number of rotatable bonds is 10. The number of carboxylic acid groups (broad SMARTS) is 1. The molecular weight excluding hydrogens is 731 g/mol. The number of hydrogen-bond acceptors (Lipinski definition) is 11. The summed E-state index contributed by atoms with van der Waals surface area (Å²) in [4.78, 5) is 33.8. The van der Waals surface area contributed by atoms with Crippen molar-refractivity contribution in [2.75, 3.05) is 31.5 Å². The minimum atomic E-state index is -2.89. The molecule has 3 aromatic carbocycles. The molecule has 14 heteroatoms. The third-order valence-electron chi connectivity index (χ3n) is 11.5. The van der Waals surface area contributed by atoms with Crippen LogP contribution in [0.4, 0.5) is 20.3 Å². The van der Waals surface area contributed by atoms with Crippen LogP contribution < -0.4 is 5.32 Å². The van der Waals surface area contributed by atoms with Crippen molar-refractivity contribution in [3.63, 3.8) is 0 Å². The zero-order valence-electron chi connectivity index (χ0n) is 31.9. The number of carbonyl (C=O) groups is 1. The SMILES string of the molecule is Cc1c(Nc2nc(C(F)F)nc3cc(CN4CC[C@@H](O)C4)cnc23)cccc1-c1cccc(-c2nc3cc(CN4CCC(C)(C(=O)O)CC4)cc(C#N)c3o2)c1C. The molecule has 8 rings (SSSR count). The average Bonchev–Trinajstić information content (AvgIpc) is 3.81. The van der Waals surface area contributed by atoms with Crippen molar-refractivity contribution < 1.29 is 28.2 Å². The fourth-order valence-corrected chi connectivity index (χ4v) is 7.97. The largest absolute Gasteiger partial charge is 0.481 e. The molecule has 0 aliphatic carbocycles. The van der Waals surface area contributed by atoms with E-state index in [9.17, 15) is 29.1 Å². The molecule has 0 spiro atoms. The van der Waals surface area contributed by atoms with Crippen LogP contribution in [0, 0.1) is 30.6 Å². The van der Waals surface area contributed by atoms with E-state index in [1.54, 1.807) is 19.2 Å². The summed E-state index contributed by atoms with van der Waals surface area (Å²) in [6, 6.07) is 19.3. The number of nitrogens with zero attached hydrogens (tertiary/aromatic N) is 7. The number of pyridine rings is 1. The normalized spacial score (nSPS) is 17.4. The number of likely N-dealkylation sites (tertiary alicyclic amines) is 2. The Labute approximate surface area is 327 Å². The van der Waals surface area contributed by atoms with Gasteiger partial charge in [0.25, 0.3) is 6.43 Å². The summed E-state index contributed by atoms with van der Waals surface area (Å²) < 4.78 is 34.5. The van der Waals surface area contributed by atoms with Gasteiger partial charge in [-0.15, -0.1) is 0 Å². The maximum atomic E-state index is 14.1. The molecule has 2 fully saturated rings. The first-order valence-corrected chi connectivity index (χ1v) is 19.0. The molecule has 2 aliphatic heterocycles. The van der Waals surface area contributed by atoms with Crippen molar-refractivity contribution in [2.45, 2.75) is 65.7 Å². The molecule has 5 heterocycles. The Hall–Kier alpha value is -5.88.